The Labute approximate surface area is 228 Å². The van der Waals surface area contributed by atoms with Crippen molar-refractivity contribution in [3.05, 3.63) is 59.4 Å². The lowest BCUT2D eigenvalue weighted by Crippen LogP contribution is -2.49. The van der Waals surface area contributed by atoms with Crippen molar-refractivity contribution in [3.63, 3.8) is 0 Å². The highest BCUT2D eigenvalue weighted by atomic mass is 19.1. The van der Waals surface area contributed by atoms with E-state index in [1.807, 2.05) is 34.1 Å². The molecule has 0 radical (unpaired) electrons. The number of hydrogen-bond donors (Lipinski definition) is 2. The molecule has 39 heavy (non-hydrogen) atoms. The minimum absolute atomic E-state index is 0.0822. The predicted octanol–water partition coefficient (Wildman–Crippen LogP) is 2.62. The Morgan fingerprint density at radius 3 is 2.67 bits per heavy atom. The highest BCUT2D eigenvalue weighted by molar-refractivity contribution is 5.90. The summed E-state index contributed by atoms with van der Waals surface area (Å²) in [4.78, 5) is 41.1. The van der Waals surface area contributed by atoms with E-state index in [-0.39, 0.29) is 24.9 Å². The fourth-order valence-electron chi connectivity index (χ4n) is 4.64. The van der Waals surface area contributed by atoms with E-state index in [2.05, 4.69) is 17.2 Å². The number of anilines is 2. The molecular formula is C29H34FN5O4. The molecule has 2 fully saturated rings. The van der Waals surface area contributed by atoms with Gasteiger partial charge in [-0.25, -0.2) is 9.18 Å². The van der Waals surface area contributed by atoms with Crippen molar-refractivity contribution >= 4 is 29.3 Å². The van der Waals surface area contributed by atoms with Crippen LogP contribution < -0.4 is 20.9 Å². The molecule has 2 aliphatic rings. The van der Waals surface area contributed by atoms with Gasteiger partial charge in [-0.15, -0.1) is 0 Å². The van der Waals surface area contributed by atoms with Crippen LogP contribution in [0.25, 0.3) is 0 Å². The van der Waals surface area contributed by atoms with Gasteiger partial charge >= 0.3 is 6.09 Å². The molecule has 4 rings (SSSR count). The van der Waals surface area contributed by atoms with Gasteiger partial charge in [0.05, 0.1) is 24.5 Å². The first-order chi connectivity index (χ1) is 18.8. The average molecular weight is 536 g/mol. The molecule has 3 N–H and O–H groups in total. The van der Waals surface area contributed by atoms with Crippen molar-refractivity contribution in [1.29, 1.82) is 0 Å². The molecule has 0 spiro atoms. The Morgan fingerprint density at radius 2 is 1.95 bits per heavy atom. The molecule has 3 amide bonds. The van der Waals surface area contributed by atoms with Crippen molar-refractivity contribution in [1.82, 2.24) is 10.2 Å². The predicted molar refractivity (Wildman–Crippen MR) is 147 cm³/mol. The number of carbonyl (C=O) groups excluding carboxylic acids is 3. The minimum Gasteiger partial charge on any atom is -0.442 e. The summed E-state index contributed by atoms with van der Waals surface area (Å²) >= 11 is 0. The molecule has 2 saturated heterocycles. The van der Waals surface area contributed by atoms with Crippen molar-refractivity contribution < 1.29 is 23.5 Å². The van der Waals surface area contributed by atoms with Crippen LogP contribution in [0.3, 0.4) is 0 Å². The molecule has 9 nitrogen and oxygen atoms in total. The summed E-state index contributed by atoms with van der Waals surface area (Å²) in [6, 6.07) is 12.5. The number of carbonyl (C=O) groups is 3. The van der Waals surface area contributed by atoms with E-state index in [4.69, 9.17) is 10.5 Å². The number of rotatable bonds is 8. The van der Waals surface area contributed by atoms with Crippen molar-refractivity contribution in [2.45, 2.75) is 38.8 Å². The molecule has 0 aromatic heterocycles. The van der Waals surface area contributed by atoms with Crippen molar-refractivity contribution in [3.8, 4) is 11.8 Å². The third-order valence-electron chi connectivity index (χ3n) is 6.76. The quantitative estimate of drug-likeness (QED) is 0.398. The Bertz CT molecular complexity index is 1270. The summed E-state index contributed by atoms with van der Waals surface area (Å²) < 4.78 is 20.3. The van der Waals surface area contributed by atoms with E-state index in [0.29, 0.717) is 63.4 Å². The Balaban J connectivity index is 1.23. The van der Waals surface area contributed by atoms with Gasteiger partial charge in [0.25, 0.3) is 0 Å². The summed E-state index contributed by atoms with van der Waals surface area (Å²) in [5.74, 6) is 5.67. The largest absolute Gasteiger partial charge is 0.442 e. The number of nitrogens with two attached hydrogens (primary N) is 1. The number of cyclic esters (lactones) is 1. The van der Waals surface area contributed by atoms with E-state index in [1.54, 1.807) is 12.1 Å². The molecule has 10 heteroatoms. The van der Waals surface area contributed by atoms with Crippen LogP contribution in [0.5, 0.6) is 0 Å². The van der Waals surface area contributed by atoms with Gasteiger partial charge in [0, 0.05) is 58.1 Å². The van der Waals surface area contributed by atoms with Crippen molar-refractivity contribution in [2.75, 3.05) is 49.1 Å². The lowest BCUT2D eigenvalue weighted by atomic mass is 10.1. The second-order valence-electron chi connectivity index (χ2n) is 9.62. The van der Waals surface area contributed by atoms with Crippen LogP contribution >= 0.6 is 0 Å². The number of piperazine rings is 1. The van der Waals surface area contributed by atoms with Crippen LogP contribution in [0.15, 0.2) is 42.5 Å². The van der Waals surface area contributed by atoms with Crippen molar-refractivity contribution in [2.24, 2.45) is 5.73 Å². The number of hydrogen-bond acceptors (Lipinski definition) is 6. The molecule has 0 saturated carbocycles. The first-order valence-corrected chi connectivity index (χ1v) is 13.2. The third kappa shape index (κ3) is 7.48. The Kier molecular flexibility index (Phi) is 9.39. The average Bonchev–Trinajstić information content (AvgIpc) is 3.32. The number of nitrogens with one attached hydrogen (secondary N) is 1. The van der Waals surface area contributed by atoms with Crippen LogP contribution in [-0.2, 0) is 20.9 Å². The van der Waals surface area contributed by atoms with Crippen LogP contribution in [-0.4, -0.2) is 68.2 Å². The summed E-state index contributed by atoms with van der Waals surface area (Å²) in [7, 11) is 0. The summed E-state index contributed by atoms with van der Waals surface area (Å²) in [6.45, 7) is 4.37. The Hall–Kier alpha value is -4.10. The normalized spacial score (nSPS) is 16.9. The maximum Gasteiger partial charge on any atom is 0.414 e. The molecular weight excluding hydrogens is 501 g/mol. The molecule has 0 unspecified atom stereocenters. The summed E-state index contributed by atoms with van der Waals surface area (Å²) in [6.07, 6.45) is 0.680. The molecule has 0 bridgehead atoms. The van der Waals surface area contributed by atoms with E-state index >= 15 is 4.39 Å². The van der Waals surface area contributed by atoms with Gasteiger partial charge in [-0.05, 0) is 42.3 Å². The molecule has 2 heterocycles. The molecule has 206 valence electrons. The van der Waals surface area contributed by atoms with Crippen LogP contribution in [0.2, 0.25) is 0 Å². The fraction of sp³-hybridized carbons (Fsp3) is 0.414. The number of nitrogens with zero attached hydrogens (tertiary/aromatic N) is 3. The van der Waals surface area contributed by atoms with Crippen LogP contribution in [0.4, 0.5) is 20.6 Å². The standard InChI is InChI=1S/C29H34FN5O4/c1-21(36)32-19-25-20-35(29(38)39-25)24-10-11-27(26(30)17-24)33-12-14-34(15-13-33)28(37)9-4-2-3-6-22-7-5-8-23(16-22)18-31/h5,7-8,10-11,16-17,25H,2,4,9,12-15,18-20,31H2,1H3,(H,32,36)/t25-/m0/s1. The zero-order valence-electron chi connectivity index (χ0n) is 22.1. The topological polar surface area (TPSA) is 108 Å². The maximum absolute atomic E-state index is 15.0. The van der Waals surface area contributed by atoms with Gasteiger partial charge in [-0.3, -0.25) is 14.5 Å². The molecule has 2 aromatic rings. The summed E-state index contributed by atoms with van der Waals surface area (Å²) in [5.41, 5.74) is 8.46. The minimum atomic E-state index is -0.573. The van der Waals surface area contributed by atoms with Gasteiger partial charge < -0.3 is 25.6 Å². The first-order valence-electron chi connectivity index (χ1n) is 13.2. The maximum atomic E-state index is 15.0. The number of ether oxygens (including phenoxy) is 1. The smallest absolute Gasteiger partial charge is 0.414 e. The number of amides is 3. The monoisotopic (exact) mass is 535 g/mol. The first kappa shape index (κ1) is 27.9. The lowest BCUT2D eigenvalue weighted by Gasteiger charge is -2.36. The van der Waals surface area contributed by atoms with E-state index < -0.39 is 18.0 Å². The Morgan fingerprint density at radius 1 is 1.15 bits per heavy atom. The second kappa shape index (κ2) is 13.1. The van der Waals surface area contributed by atoms with Gasteiger partial charge in [0.2, 0.25) is 11.8 Å². The van der Waals surface area contributed by atoms with E-state index in [0.717, 1.165) is 11.1 Å². The van der Waals surface area contributed by atoms with Gasteiger partial charge in [-0.2, -0.15) is 0 Å². The third-order valence-corrected chi connectivity index (χ3v) is 6.76. The van der Waals surface area contributed by atoms with E-state index in [1.165, 1.54) is 17.9 Å². The van der Waals surface area contributed by atoms with Crippen LogP contribution in [0, 0.1) is 17.7 Å². The highest BCUT2D eigenvalue weighted by Crippen LogP contribution is 2.28. The molecule has 1 atom stereocenters. The van der Waals surface area contributed by atoms with E-state index in [9.17, 15) is 14.4 Å². The molecule has 0 aliphatic carbocycles. The highest BCUT2D eigenvalue weighted by Gasteiger charge is 2.33. The lowest BCUT2D eigenvalue weighted by molar-refractivity contribution is -0.131. The van der Waals surface area contributed by atoms with Gasteiger partial charge in [0.15, 0.2) is 0 Å². The SMILES string of the molecule is CC(=O)NC[C@H]1CN(c2ccc(N3CCN(C(=O)CCCC#Cc4cccc(CN)c4)CC3)c(F)c2)C(=O)O1. The fourth-order valence-corrected chi connectivity index (χ4v) is 4.64. The van der Waals surface area contributed by atoms with Crippen LogP contribution in [0.1, 0.15) is 37.3 Å². The zero-order chi connectivity index (χ0) is 27.8. The number of benzene rings is 2. The van der Waals surface area contributed by atoms with Gasteiger partial charge in [-0.1, -0.05) is 24.0 Å². The molecule has 2 aliphatic heterocycles. The zero-order valence-corrected chi connectivity index (χ0v) is 22.1. The van der Waals surface area contributed by atoms with Gasteiger partial charge in [0.1, 0.15) is 11.9 Å². The summed E-state index contributed by atoms with van der Waals surface area (Å²) in [5, 5.41) is 2.62. The number of unbranched alkanes of at least 4 members (excludes halogenated alkanes) is 1. The molecule has 2 aromatic carbocycles. The number of halogens is 1. The second-order valence-corrected chi connectivity index (χ2v) is 9.62.